The summed E-state index contributed by atoms with van der Waals surface area (Å²) < 4.78 is 11.0. The zero-order chi connectivity index (χ0) is 24.0. The summed E-state index contributed by atoms with van der Waals surface area (Å²) in [7, 11) is 3.31. The molecule has 0 atom stereocenters. The number of rotatable bonds is 16. The lowest BCUT2D eigenvalue weighted by Crippen LogP contribution is -2.08. The van der Waals surface area contributed by atoms with Gasteiger partial charge in [0, 0.05) is 24.4 Å². The zero-order valence-corrected chi connectivity index (χ0v) is 21.2. The van der Waals surface area contributed by atoms with Crippen LogP contribution >= 0.6 is 0 Å². The Labute approximate surface area is 205 Å². The molecule has 3 rings (SSSR count). The second-order valence-electron chi connectivity index (χ2n) is 8.98. The first kappa shape index (κ1) is 25.8. The van der Waals surface area contributed by atoms with Gasteiger partial charge in [-0.15, -0.1) is 0 Å². The van der Waals surface area contributed by atoms with E-state index in [0.29, 0.717) is 17.9 Å². The third kappa shape index (κ3) is 7.89. The van der Waals surface area contributed by atoms with Crippen molar-refractivity contribution in [3.05, 3.63) is 53.9 Å². The minimum Gasteiger partial charge on any atom is -0.493 e. The predicted octanol–water partition coefficient (Wildman–Crippen LogP) is 7.57. The van der Waals surface area contributed by atoms with E-state index in [1.54, 1.807) is 14.2 Å². The zero-order valence-electron chi connectivity index (χ0n) is 21.2. The van der Waals surface area contributed by atoms with Crippen molar-refractivity contribution in [1.82, 2.24) is 9.97 Å². The maximum absolute atomic E-state index is 5.53. The number of hydrogen-bond donors (Lipinski definition) is 1. The molecule has 1 aromatic heterocycles. The predicted molar refractivity (Wildman–Crippen MR) is 142 cm³/mol. The molecular formula is C29H41N3O2. The van der Waals surface area contributed by atoms with E-state index >= 15 is 0 Å². The van der Waals surface area contributed by atoms with Gasteiger partial charge in [-0.25, -0.2) is 9.97 Å². The number of unbranched alkanes of at least 4 members (excludes halogenated alkanes) is 9. The molecule has 34 heavy (non-hydrogen) atoms. The molecular weight excluding hydrogens is 422 g/mol. The van der Waals surface area contributed by atoms with Crippen LogP contribution in [-0.2, 0) is 6.42 Å². The van der Waals surface area contributed by atoms with Crippen LogP contribution in [0.4, 0.5) is 5.82 Å². The van der Waals surface area contributed by atoms with Gasteiger partial charge in [-0.05, 0) is 18.1 Å². The Morgan fingerprint density at radius 1 is 0.735 bits per heavy atom. The number of fused-ring (bicyclic) bond motifs is 1. The molecule has 0 saturated heterocycles. The maximum Gasteiger partial charge on any atom is 0.162 e. The third-order valence-corrected chi connectivity index (χ3v) is 6.28. The van der Waals surface area contributed by atoms with Crippen molar-refractivity contribution in [3.8, 4) is 11.5 Å². The van der Waals surface area contributed by atoms with E-state index in [1.807, 2.05) is 18.2 Å². The molecule has 0 fully saturated rings. The molecule has 0 amide bonds. The van der Waals surface area contributed by atoms with Crippen LogP contribution in [0.5, 0.6) is 11.5 Å². The molecule has 1 heterocycles. The summed E-state index contributed by atoms with van der Waals surface area (Å²) in [4.78, 5) is 9.72. The van der Waals surface area contributed by atoms with Gasteiger partial charge in [0.2, 0.25) is 0 Å². The highest BCUT2D eigenvalue weighted by atomic mass is 16.5. The summed E-state index contributed by atoms with van der Waals surface area (Å²) in [6.07, 6.45) is 14.0. The van der Waals surface area contributed by atoms with E-state index in [4.69, 9.17) is 19.4 Å². The molecule has 0 bridgehead atoms. The minimum atomic E-state index is 0.681. The van der Waals surface area contributed by atoms with Crippen molar-refractivity contribution in [2.45, 2.75) is 77.6 Å². The van der Waals surface area contributed by atoms with E-state index in [1.165, 1.54) is 63.4 Å². The molecule has 0 radical (unpaired) electrons. The van der Waals surface area contributed by atoms with Gasteiger partial charge < -0.3 is 14.8 Å². The highest BCUT2D eigenvalue weighted by molar-refractivity contribution is 5.91. The average molecular weight is 464 g/mol. The third-order valence-electron chi connectivity index (χ3n) is 6.28. The number of benzene rings is 2. The Kier molecular flexibility index (Phi) is 11.0. The minimum absolute atomic E-state index is 0.681. The summed E-state index contributed by atoms with van der Waals surface area (Å²) in [5.74, 6) is 3.04. The van der Waals surface area contributed by atoms with Crippen molar-refractivity contribution in [2.75, 3.05) is 26.1 Å². The van der Waals surface area contributed by atoms with Crippen LogP contribution in [0.2, 0.25) is 0 Å². The number of methoxy groups -OCH3 is 2. The fraction of sp³-hybridized carbons (Fsp3) is 0.517. The first-order chi connectivity index (χ1) is 16.7. The number of ether oxygens (including phenoxy) is 2. The van der Waals surface area contributed by atoms with Gasteiger partial charge in [-0.3, -0.25) is 0 Å². The van der Waals surface area contributed by atoms with Crippen molar-refractivity contribution < 1.29 is 9.47 Å². The molecule has 0 aliphatic rings. The van der Waals surface area contributed by atoms with Crippen LogP contribution in [-0.4, -0.2) is 30.7 Å². The van der Waals surface area contributed by atoms with Crippen molar-refractivity contribution in [3.63, 3.8) is 0 Å². The molecule has 0 aliphatic heterocycles. The Morgan fingerprint density at radius 3 is 2.00 bits per heavy atom. The highest BCUT2D eigenvalue weighted by Crippen LogP contribution is 2.34. The molecule has 0 unspecified atom stereocenters. The Balaban J connectivity index is 1.61. The van der Waals surface area contributed by atoms with Crippen LogP contribution < -0.4 is 14.8 Å². The topological polar surface area (TPSA) is 56.3 Å². The average Bonchev–Trinajstić information content (AvgIpc) is 2.87. The number of nitrogens with zero attached hydrogens (tertiary/aromatic N) is 2. The second kappa shape index (κ2) is 14.4. The SMILES string of the molecule is CCCCCCCCCCCCNc1nc(Cc2ccccc2)nc2cc(OC)c(OC)cc12. The fourth-order valence-electron chi connectivity index (χ4n) is 4.32. The Hall–Kier alpha value is -2.82. The first-order valence-corrected chi connectivity index (χ1v) is 13.0. The fourth-order valence-corrected chi connectivity index (χ4v) is 4.32. The van der Waals surface area contributed by atoms with Gasteiger partial charge in [-0.2, -0.15) is 0 Å². The lowest BCUT2D eigenvalue weighted by atomic mass is 10.1. The molecule has 0 spiro atoms. The summed E-state index contributed by atoms with van der Waals surface area (Å²) in [6, 6.07) is 14.3. The molecule has 0 saturated carbocycles. The van der Waals surface area contributed by atoms with E-state index in [2.05, 4.69) is 36.5 Å². The molecule has 1 N–H and O–H groups in total. The van der Waals surface area contributed by atoms with Crippen LogP contribution in [0, 0.1) is 0 Å². The van der Waals surface area contributed by atoms with E-state index in [-0.39, 0.29) is 0 Å². The van der Waals surface area contributed by atoms with Crippen LogP contribution in [0.3, 0.4) is 0 Å². The summed E-state index contributed by atoms with van der Waals surface area (Å²) in [5.41, 5.74) is 2.06. The van der Waals surface area contributed by atoms with Crippen LogP contribution in [0.1, 0.15) is 82.5 Å². The molecule has 5 heteroatoms. The molecule has 3 aromatic rings. The van der Waals surface area contributed by atoms with Crippen LogP contribution in [0.25, 0.3) is 10.9 Å². The smallest absolute Gasteiger partial charge is 0.162 e. The quantitative estimate of drug-likeness (QED) is 0.222. The molecule has 184 valence electrons. The standard InChI is InChI=1S/C29H41N3O2/c1-4-5-6-7-8-9-10-11-12-16-19-30-29-24-21-26(33-2)27(34-3)22-25(24)31-28(32-29)20-23-17-14-13-15-18-23/h13-15,17-18,21-22H,4-12,16,19-20H2,1-3H3,(H,30,31,32). The largest absolute Gasteiger partial charge is 0.493 e. The van der Waals surface area contributed by atoms with E-state index in [0.717, 1.165) is 35.5 Å². The van der Waals surface area contributed by atoms with Crippen molar-refractivity contribution >= 4 is 16.7 Å². The molecule has 5 nitrogen and oxygen atoms in total. The van der Waals surface area contributed by atoms with E-state index in [9.17, 15) is 0 Å². The second-order valence-corrected chi connectivity index (χ2v) is 8.98. The van der Waals surface area contributed by atoms with Gasteiger partial charge in [0.05, 0.1) is 19.7 Å². The van der Waals surface area contributed by atoms with Gasteiger partial charge in [0.15, 0.2) is 11.5 Å². The normalized spacial score (nSPS) is 11.0. The molecule has 0 aliphatic carbocycles. The number of aromatic nitrogens is 2. The monoisotopic (exact) mass is 463 g/mol. The van der Waals surface area contributed by atoms with Gasteiger partial charge in [-0.1, -0.05) is 95.0 Å². The summed E-state index contributed by atoms with van der Waals surface area (Å²) >= 11 is 0. The highest BCUT2D eigenvalue weighted by Gasteiger charge is 2.13. The van der Waals surface area contributed by atoms with Gasteiger partial charge in [0.1, 0.15) is 11.6 Å². The Bertz CT molecular complexity index is 992. The molecule has 2 aromatic carbocycles. The lowest BCUT2D eigenvalue weighted by molar-refractivity contribution is 0.356. The number of hydrogen-bond acceptors (Lipinski definition) is 5. The first-order valence-electron chi connectivity index (χ1n) is 13.0. The number of anilines is 1. The lowest BCUT2D eigenvalue weighted by Gasteiger charge is -2.14. The van der Waals surface area contributed by atoms with Crippen molar-refractivity contribution in [1.29, 1.82) is 0 Å². The van der Waals surface area contributed by atoms with Crippen LogP contribution in [0.15, 0.2) is 42.5 Å². The summed E-state index contributed by atoms with van der Waals surface area (Å²) in [5, 5.41) is 4.54. The maximum atomic E-state index is 5.53. The summed E-state index contributed by atoms with van der Waals surface area (Å²) in [6.45, 7) is 3.18. The van der Waals surface area contributed by atoms with Gasteiger partial charge >= 0.3 is 0 Å². The Morgan fingerprint density at radius 2 is 1.35 bits per heavy atom. The van der Waals surface area contributed by atoms with Crippen molar-refractivity contribution in [2.24, 2.45) is 0 Å². The van der Waals surface area contributed by atoms with E-state index < -0.39 is 0 Å². The number of nitrogens with one attached hydrogen (secondary N) is 1. The van der Waals surface area contributed by atoms with Gasteiger partial charge in [0.25, 0.3) is 0 Å².